The number of imidazole rings is 1. The van der Waals surface area contributed by atoms with Gasteiger partial charge in [-0.25, -0.2) is 4.98 Å². The van der Waals surface area contributed by atoms with Gasteiger partial charge >= 0.3 is 0 Å². The normalized spacial score (nSPS) is 14.7. The minimum Gasteiger partial charge on any atom is -0.310 e. The third-order valence-electron chi connectivity index (χ3n) is 3.69. The molecule has 1 N–H and O–H groups in total. The fraction of sp³-hybridized carbons (Fsp3) is 0.438. The predicted octanol–water partition coefficient (Wildman–Crippen LogP) is 3.73. The summed E-state index contributed by atoms with van der Waals surface area (Å²) in [5.74, 6) is 1.10. The lowest BCUT2D eigenvalue weighted by atomic mass is 10.1. The number of benzene rings is 1. The molecule has 1 aromatic heterocycles. The largest absolute Gasteiger partial charge is 0.310 e. The molecule has 3 nitrogen and oxygen atoms in total. The van der Waals surface area contributed by atoms with Gasteiger partial charge in [0.1, 0.15) is 5.82 Å². The molecule has 0 bridgehead atoms. The smallest absolute Gasteiger partial charge is 0.113 e. The van der Waals surface area contributed by atoms with Gasteiger partial charge in [-0.3, -0.25) is 0 Å². The van der Waals surface area contributed by atoms with Crippen LogP contribution in [0.4, 0.5) is 0 Å². The van der Waals surface area contributed by atoms with Crippen LogP contribution in [0.5, 0.6) is 0 Å². The first-order valence-electron chi connectivity index (χ1n) is 7.33. The summed E-state index contributed by atoms with van der Waals surface area (Å²) in [6.45, 7) is 3.00. The lowest BCUT2D eigenvalue weighted by Gasteiger charge is -2.15. The van der Waals surface area contributed by atoms with Crippen LogP contribution in [0.15, 0.2) is 30.6 Å². The maximum atomic E-state index is 6.41. The van der Waals surface area contributed by atoms with Crippen molar-refractivity contribution in [3.63, 3.8) is 0 Å². The molecule has 0 spiro atoms. The molecule has 1 heterocycles. The van der Waals surface area contributed by atoms with Crippen molar-refractivity contribution in [3.8, 4) is 5.69 Å². The van der Waals surface area contributed by atoms with E-state index in [0.717, 1.165) is 41.5 Å². The summed E-state index contributed by atoms with van der Waals surface area (Å²) in [6.07, 6.45) is 8.53. The van der Waals surface area contributed by atoms with Gasteiger partial charge in [-0.2, -0.15) is 0 Å². The summed E-state index contributed by atoms with van der Waals surface area (Å²) in [7, 11) is 0. The third-order valence-corrected chi connectivity index (χ3v) is 4.04. The van der Waals surface area contributed by atoms with Gasteiger partial charge in [0, 0.05) is 42.0 Å². The van der Waals surface area contributed by atoms with Crippen LogP contribution in [0.2, 0.25) is 5.02 Å². The zero-order chi connectivity index (χ0) is 13.9. The quantitative estimate of drug-likeness (QED) is 0.878. The SMILES string of the molecule is CCCc1nccn1-c1cccc(Cl)c1CNC1CC1. The summed E-state index contributed by atoms with van der Waals surface area (Å²) in [5.41, 5.74) is 2.31. The highest BCUT2D eigenvalue weighted by Gasteiger charge is 2.21. The van der Waals surface area contributed by atoms with Gasteiger partial charge in [0.05, 0.1) is 5.69 Å². The van der Waals surface area contributed by atoms with Crippen molar-refractivity contribution in [2.24, 2.45) is 0 Å². The highest BCUT2D eigenvalue weighted by atomic mass is 35.5. The van der Waals surface area contributed by atoms with E-state index in [4.69, 9.17) is 11.6 Å². The van der Waals surface area contributed by atoms with E-state index >= 15 is 0 Å². The number of hydrogen-bond donors (Lipinski definition) is 1. The standard InChI is InChI=1S/C16H20ClN3/c1-2-4-16-18-9-10-20(16)15-6-3-5-14(17)13(15)11-19-12-7-8-12/h3,5-6,9-10,12,19H,2,4,7-8,11H2,1H3. The number of rotatable bonds is 6. The lowest BCUT2D eigenvalue weighted by Crippen LogP contribution is -2.17. The number of nitrogens with zero attached hydrogens (tertiary/aromatic N) is 2. The van der Waals surface area contributed by atoms with E-state index in [2.05, 4.69) is 27.9 Å². The van der Waals surface area contributed by atoms with E-state index in [1.807, 2.05) is 24.5 Å². The van der Waals surface area contributed by atoms with Crippen LogP contribution < -0.4 is 5.32 Å². The molecule has 20 heavy (non-hydrogen) atoms. The van der Waals surface area contributed by atoms with Crippen molar-refractivity contribution in [1.29, 1.82) is 0 Å². The van der Waals surface area contributed by atoms with Crippen LogP contribution in [-0.2, 0) is 13.0 Å². The van der Waals surface area contributed by atoms with Gasteiger partial charge in [-0.05, 0) is 31.4 Å². The van der Waals surface area contributed by atoms with Crippen LogP contribution in [0.3, 0.4) is 0 Å². The van der Waals surface area contributed by atoms with Crippen molar-refractivity contribution < 1.29 is 0 Å². The van der Waals surface area contributed by atoms with Crippen molar-refractivity contribution in [2.45, 2.75) is 45.2 Å². The molecule has 1 saturated carbocycles. The molecule has 1 fully saturated rings. The molecule has 0 atom stereocenters. The van der Waals surface area contributed by atoms with Gasteiger partial charge in [0.25, 0.3) is 0 Å². The zero-order valence-corrected chi connectivity index (χ0v) is 12.5. The fourth-order valence-corrected chi connectivity index (χ4v) is 2.68. The Morgan fingerprint density at radius 1 is 1.40 bits per heavy atom. The molecule has 1 aliphatic carbocycles. The van der Waals surface area contributed by atoms with Crippen LogP contribution in [0.25, 0.3) is 5.69 Å². The van der Waals surface area contributed by atoms with Gasteiger partial charge in [0.2, 0.25) is 0 Å². The minimum atomic E-state index is 0.678. The van der Waals surface area contributed by atoms with E-state index in [0.29, 0.717) is 6.04 Å². The molecule has 0 aliphatic heterocycles. The van der Waals surface area contributed by atoms with E-state index in [1.54, 1.807) is 0 Å². The highest BCUT2D eigenvalue weighted by molar-refractivity contribution is 6.31. The van der Waals surface area contributed by atoms with Gasteiger partial charge < -0.3 is 9.88 Å². The molecule has 0 saturated heterocycles. The Morgan fingerprint density at radius 3 is 3.00 bits per heavy atom. The molecule has 1 aliphatic rings. The van der Waals surface area contributed by atoms with Crippen molar-refractivity contribution >= 4 is 11.6 Å². The molecular weight excluding hydrogens is 270 g/mol. The molecule has 2 aromatic rings. The van der Waals surface area contributed by atoms with Crippen molar-refractivity contribution in [2.75, 3.05) is 0 Å². The number of aromatic nitrogens is 2. The number of halogens is 1. The zero-order valence-electron chi connectivity index (χ0n) is 11.8. The third kappa shape index (κ3) is 2.89. The second kappa shape index (κ2) is 5.98. The van der Waals surface area contributed by atoms with E-state index in [9.17, 15) is 0 Å². The number of nitrogens with one attached hydrogen (secondary N) is 1. The maximum Gasteiger partial charge on any atom is 0.113 e. The van der Waals surface area contributed by atoms with Crippen LogP contribution in [0.1, 0.15) is 37.6 Å². The summed E-state index contributed by atoms with van der Waals surface area (Å²) in [5, 5.41) is 4.38. The summed E-state index contributed by atoms with van der Waals surface area (Å²) in [4.78, 5) is 4.46. The molecule has 0 amide bonds. The predicted molar refractivity (Wildman–Crippen MR) is 82.4 cm³/mol. The topological polar surface area (TPSA) is 29.9 Å². The summed E-state index contributed by atoms with van der Waals surface area (Å²) < 4.78 is 2.17. The monoisotopic (exact) mass is 289 g/mol. The highest BCUT2D eigenvalue weighted by Crippen LogP contribution is 2.26. The Morgan fingerprint density at radius 2 is 2.25 bits per heavy atom. The fourth-order valence-electron chi connectivity index (χ4n) is 2.44. The van der Waals surface area contributed by atoms with Crippen LogP contribution >= 0.6 is 11.6 Å². The molecule has 106 valence electrons. The van der Waals surface area contributed by atoms with Crippen molar-refractivity contribution in [3.05, 3.63) is 47.0 Å². The molecule has 3 rings (SSSR count). The Labute approximate surface area is 125 Å². The van der Waals surface area contributed by atoms with Crippen LogP contribution in [-0.4, -0.2) is 15.6 Å². The van der Waals surface area contributed by atoms with E-state index in [-0.39, 0.29) is 0 Å². The average Bonchev–Trinajstić information content (AvgIpc) is 3.16. The van der Waals surface area contributed by atoms with Gasteiger partial charge in [0.15, 0.2) is 0 Å². The molecule has 0 unspecified atom stereocenters. The van der Waals surface area contributed by atoms with E-state index in [1.165, 1.54) is 12.8 Å². The van der Waals surface area contributed by atoms with E-state index < -0.39 is 0 Å². The van der Waals surface area contributed by atoms with Gasteiger partial charge in [-0.15, -0.1) is 0 Å². The number of hydrogen-bond acceptors (Lipinski definition) is 2. The minimum absolute atomic E-state index is 0.678. The van der Waals surface area contributed by atoms with Crippen molar-refractivity contribution in [1.82, 2.24) is 14.9 Å². The first-order valence-corrected chi connectivity index (χ1v) is 7.70. The Bertz CT molecular complexity index is 587. The second-order valence-corrected chi connectivity index (χ2v) is 5.76. The molecular formula is C16H20ClN3. The maximum absolute atomic E-state index is 6.41. The lowest BCUT2D eigenvalue weighted by molar-refractivity contribution is 0.682. The Balaban J connectivity index is 1.94. The van der Waals surface area contributed by atoms with Gasteiger partial charge in [-0.1, -0.05) is 24.6 Å². The Kier molecular flexibility index (Phi) is 4.08. The molecule has 0 radical (unpaired) electrons. The summed E-state index contributed by atoms with van der Waals surface area (Å²) in [6, 6.07) is 6.77. The second-order valence-electron chi connectivity index (χ2n) is 5.36. The van der Waals surface area contributed by atoms with Crippen LogP contribution in [0, 0.1) is 0 Å². The first kappa shape index (κ1) is 13.7. The summed E-state index contributed by atoms with van der Waals surface area (Å²) >= 11 is 6.41. The molecule has 1 aromatic carbocycles. The molecule has 4 heteroatoms. The first-order chi connectivity index (χ1) is 9.79. The Hall–Kier alpha value is -1.32. The average molecular weight is 290 g/mol. The number of aryl methyl sites for hydroxylation is 1.